The average molecular weight is 292 g/mol. The van der Waals surface area contributed by atoms with Crippen LogP contribution >= 0.6 is 24.8 Å². The molecule has 0 bridgehead atoms. The summed E-state index contributed by atoms with van der Waals surface area (Å²) in [6.07, 6.45) is 1.14. The number of hydrogen-bond donors (Lipinski definition) is 2. The maximum atomic E-state index is 11.8. The lowest BCUT2D eigenvalue weighted by molar-refractivity contribution is 0.0943. The fourth-order valence-electron chi connectivity index (χ4n) is 1.89. The predicted molar refractivity (Wildman–Crippen MR) is 76.8 cm³/mol. The molecule has 0 saturated carbocycles. The molecule has 1 amide bonds. The first-order chi connectivity index (χ1) is 7.75. The monoisotopic (exact) mass is 291 g/mol. The second-order valence-corrected chi connectivity index (χ2v) is 4.23. The number of nitrogens with one attached hydrogen (secondary N) is 2. The average Bonchev–Trinajstić information content (AvgIpc) is 2.78. The van der Waals surface area contributed by atoms with Gasteiger partial charge >= 0.3 is 0 Å². The Bertz CT molecular complexity index is 381. The summed E-state index contributed by atoms with van der Waals surface area (Å²) in [5, 5.41) is 6.20. The third-order valence-electron chi connectivity index (χ3n) is 2.83. The molecule has 2 rings (SSSR count). The SMILES string of the molecule is Cc1cccc(C(=O)NCC2CCNC2)n1.Cl.Cl. The Morgan fingerprint density at radius 2 is 2.28 bits per heavy atom. The molecule has 0 aromatic carbocycles. The van der Waals surface area contributed by atoms with Gasteiger partial charge in [-0.05, 0) is 44.5 Å². The molecule has 18 heavy (non-hydrogen) atoms. The standard InChI is InChI=1S/C12H17N3O.2ClH/c1-9-3-2-4-11(15-9)12(16)14-8-10-5-6-13-7-10;;/h2-4,10,13H,5-8H2,1H3,(H,14,16);2*1H. The molecule has 2 N–H and O–H groups in total. The molecule has 6 heteroatoms. The summed E-state index contributed by atoms with van der Waals surface area (Å²) < 4.78 is 0. The molecule has 1 aliphatic heterocycles. The van der Waals surface area contributed by atoms with Crippen molar-refractivity contribution < 1.29 is 4.79 Å². The molecule has 1 unspecified atom stereocenters. The number of carbonyl (C=O) groups excluding carboxylic acids is 1. The van der Waals surface area contributed by atoms with Gasteiger partial charge < -0.3 is 10.6 Å². The number of nitrogens with zero attached hydrogens (tertiary/aromatic N) is 1. The van der Waals surface area contributed by atoms with Gasteiger partial charge in [0.2, 0.25) is 0 Å². The second kappa shape index (κ2) is 8.29. The van der Waals surface area contributed by atoms with Crippen LogP contribution in [-0.2, 0) is 0 Å². The highest BCUT2D eigenvalue weighted by molar-refractivity contribution is 5.92. The zero-order chi connectivity index (χ0) is 11.4. The number of rotatable bonds is 3. The molecule has 102 valence electrons. The van der Waals surface area contributed by atoms with Crippen LogP contribution in [0.3, 0.4) is 0 Å². The van der Waals surface area contributed by atoms with Gasteiger partial charge in [-0.2, -0.15) is 0 Å². The van der Waals surface area contributed by atoms with Crippen LogP contribution in [-0.4, -0.2) is 30.5 Å². The van der Waals surface area contributed by atoms with Crippen LogP contribution in [0, 0.1) is 12.8 Å². The van der Waals surface area contributed by atoms with Crippen molar-refractivity contribution in [3.63, 3.8) is 0 Å². The van der Waals surface area contributed by atoms with Gasteiger partial charge in [-0.15, -0.1) is 24.8 Å². The maximum Gasteiger partial charge on any atom is 0.269 e. The van der Waals surface area contributed by atoms with E-state index in [-0.39, 0.29) is 30.7 Å². The number of hydrogen-bond acceptors (Lipinski definition) is 3. The maximum absolute atomic E-state index is 11.8. The lowest BCUT2D eigenvalue weighted by Crippen LogP contribution is -2.30. The minimum Gasteiger partial charge on any atom is -0.350 e. The fraction of sp³-hybridized carbons (Fsp3) is 0.500. The van der Waals surface area contributed by atoms with Gasteiger partial charge in [-0.1, -0.05) is 6.07 Å². The van der Waals surface area contributed by atoms with Crippen molar-refractivity contribution in [2.45, 2.75) is 13.3 Å². The van der Waals surface area contributed by atoms with E-state index in [4.69, 9.17) is 0 Å². The molecular weight excluding hydrogens is 273 g/mol. The van der Waals surface area contributed by atoms with Crippen LogP contribution in [0.4, 0.5) is 0 Å². The Morgan fingerprint density at radius 1 is 1.50 bits per heavy atom. The molecule has 4 nitrogen and oxygen atoms in total. The number of aryl methyl sites for hydroxylation is 1. The summed E-state index contributed by atoms with van der Waals surface area (Å²) >= 11 is 0. The van der Waals surface area contributed by atoms with Crippen LogP contribution in [0.2, 0.25) is 0 Å². The predicted octanol–water partition coefficient (Wildman–Crippen LogP) is 1.57. The minimum atomic E-state index is -0.0735. The van der Waals surface area contributed by atoms with Crippen molar-refractivity contribution in [2.24, 2.45) is 5.92 Å². The fourth-order valence-corrected chi connectivity index (χ4v) is 1.89. The van der Waals surface area contributed by atoms with Crippen molar-refractivity contribution in [3.05, 3.63) is 29.6 Å². The topological polar surface area (TPSA) is 54.0 Å². The van der Waals surface area contributed by atoms with Crippen LogP contribution in [0.1, 0.15) is 22.6 Å². The summed E-state index contributed by atoms with van der Waals surface area (Å²) in [5.41, 5.74) is 1.38. The molecule has 1 aromatic heterocycles. The molecule has 1 aliphatic rings. The molecule has 1 fully saturated rings. The summed E-state index contributed by atoms with van der Waals surface area (Å²) in [6, 6.07) is 5.49. The number of aromatic nitrogens is 1. The Balaban J connectivity index is 0.00000144. The Morgan fingerprint density at radius 3 is 2.89 bits per heavy atom. The molecule has 1 saturated heterocycles. The van der Waals surface area contributed by atoms with Crippen LogP contribution in [0.15, 0.2) is 18.2 Å². The minimum absolute atomic E-state index is 0. The number of amides is 1. The van der Waals surface area contributed by atoms with Crippen molar-refractivity contribution in [3.8, 4) is 0 Å². The molecular formula is C12H19Cl2N3O. The van der Waals surface area contributed by atoms with Crippen LogP contribution < -0.4 is 10.6 Å². The molecule has 0 aliphatic carbocycles. The van der Waals surface area contributed by atoms with E-state index < -0.39 is 0 Å². The van der Waals surface area contributed by atoms with Gasteiger partial charge in [0, 0.05) is 12.2 Å². The number of pyridine rings is 1. The molecule has 0 radical (unpaired) electrons. The highest BCUT2D eigenvalue weighted by atomic mass is 35.5. The van der Waals surface area contributed by atoms with Crippen molar-refractivity contribution >= 4 is 30.7 Å². The van der Waals surface area contributed by atoms with Gasteiger partial charge in [0.05, 0.1) is 0 Å². The quantitative estimate of drug-likeness (QED) is 0.889. The van der Waals surface area contributed by atoms with Gasteiger partial charge in [0.15, 0.2) is 0 Å². The molecule has 1 atom stereocenters. The van der Waals surface area contributed by atoms with E-state index in [0.717, 1.165) is 31.7 Å². The summed E-state index contributed by atoms with van der Waals surface area (Å²) in [5.74, 6) is 0.490. The van der Waals surface area contributed by atoms with E-state index in [1.807, 2.05) is 19.1 Å². The second-order valence-electron chi connectivity index (χ2n) is 4.23. The lowest BCUT2D eigenvalue weighted by Gasteiger charge is -2.09. The first-order valence-corrected chi connectivity index (χ1v) is 5.68. The largest absolute Gasteiger partial charge is 0.350 e. The third kappa shape index (κ3) is 4.80. The van der Waals surface area contributed by atoms with E-state index in [2.05, 4.69) is 15.6 Å². The van der Waals surface area contributed by atoms with Crippen molar-refractivity contribution in [1.29, 1.82) is 0 Å². The van der Waals surface area contributed by atoms with Gasteiger partial charge in [-0.25, -0.2) is 4.98 Å². The van der Waals surface area contributed by atoms with E-state index >= 15 is 0 Å². The van der Waals surface area contributed by atoms with Crippen LogP contribution in [0.25, 0.3) is 0 Å². The summed E-state index contributed by atoms with van der Waals surface area (Å²) in [4.78, 5) is 16.0. The van der Waals surface area contributed by atoms with Crippen molar-refractivity contribution in [1.82, 2.24) is 15.6 Å². The lowest BCUT2D eigenvalue weighted by atomic mass is 10.1. The highest BCUT2D eigenvalue weighted by Gasteiger charge is 2.15. The summed E-state index contributed by atoms with van der Waals surface area (Å²) in [6.45, 7) is 4.68. The number of halogens is 2. The van der Waals surface area contributed by atoms with Crippen LogP contribution in [0.5, 0.6) is 0 Å². The Kier molecular flexibility index (Phi) is 7.91. The molecule has 0 spiro atoms. The van der Waals surface area contributed by atoms with Crippen molar-refractivity contribution in [2.75, 3.05) is 19.6 Å². The van der Waals surface area contributed by atoms with Gasteiger partial charge in [-0.3, -0.25) is 4.79 Å². The highest BCUT2D eigenvalue weighted by Crippen LogP contribution is 2.06. The summed E-state index contributed by atoms with van der Waals surface area (Å²) in [7, 11) is 0. The first-order valence-electron chi connectivity index (χ1n) is 5.68. The van der Waals surface area contributed by atoms with E-state index in [1.54, 1.807) is 6.07 Å². The molecule has 1 aromatic rings. The van der Waals surface area contributed by atoms with Gasteiger partial charge in [0.1, 0.15) is 5.69 Å². The van der Waals surface area contributed by atoms with E-state index in [0.29, 0.717) is 11.6 Å². The third-order valence-corrected chi connectivity index (χ3v) is 2.83. The Hall–Kier alpha value is -0.840. The van der Waals surface area contributed by atoms with E-state index in [1.165, 1.54) is 0 Å². The molecule has 2 heterocycles. The van der Waals surface area contributed by atoms with E-state index in [9.17, 15) is 4.79 Å². The van der Waals surface area contributed by atoms with Gasteiger partial charge in [0.25, 0.3) is 5.91 Å². The number of carbonyl (C=O) groups is 1. The first kappa shape index (κ1) is 17.2. The smallest absolute Gasteiger partial charge is 0.269 e. The zero-order valence-electron chi connectivity index (χ0n) is 10.3. The Labute approximate surface area is 120 Å². The zero-order valence-corrected chi connectivity index (χ0v) is 11.9. The normalized spacial score (nSPS) is 17.5.